The molecule has 1 aromatic carbocycles. The first-order chi connectivity index (χ1) is 9.41. The number of benzene rings is 1. The van der Waals surface area contributed by atoms with E-state index in [1.165, 1.54) is 12.8 Å². The number of methoxy groups -OCH3 is 1. The van der Waals surface area contributed by atoms with Crippen molar-refractivity contribution in [3.63, 3.8) is 0 Å². The summed E-state index contributed by atoms with van der Waals surface area (Å²) in [5.41, 5.74) is 1.51. The Morgan fingerprint density at radius 3 is 2.45 bits per heavy atom. The number of ether oxygens (including phenoxy) is 1. The standard InChI is InChI=1S/C17H25NO2/c1-17(2,3)15-10-14(20-4)9-12(16(15)19)11-18-13-7-5-6-8-13/h9-11,13,19H,5-8H2,1-4H3. The average molecular weight is 275 g/mol. The van der Waals surface area contributed by atoms with E-state index in [2.05, 4.69) is 25.8 Å². The first-order valence-corrected chi connectivity index (χ1v) is 7.36. The summed E-state index contributed by atoms with van der Waals surface area (Å²) in [6.07, 6.45) is 6.66. The molecule has 3 nitrogen and oxygen atoms in total. The Bertz CT molecular complexity index is 494. The van der Waals surface area contributed by atoms with Gasteiger partial charge in [-0.25, -0.2) is 0 Å². The third kappa shape index (κ3) is 3.33. The Labute approximate surface area is 121 Å². The zero-order chi connectivity index (χ0) is 14.8. The molecule has 20 heavy (non-hydrogen) atoms. The Morgan fingerprint density at radius 1 is 1.25 bits per heavy atom. The third-order valence-corrected chi connectivity index (χ3v) is 3.91. The summed E-state index contributed by atoms with van der Waals surface area (Å²) in [6.45, 7) is 6.25. The molecule has 0 heterocycles. The topological polar surface area (TPSA) is 41.8 Å². The van der Waals surface area contributed by atoms with Crippen molar-refractivity contribution in [1.29, 1.82) is 0 Å². The molecule has 1 aromatic rings. The van der Waals surface area contributed by atoms with Gasteiger partial charge in [0.1, 0.15) is 11.5 Å². The zero-order valence-electron chi connectivity index (χ0n) is 12.9. The fraction of sp³-hybridized carbons (Fsp3) is 0.588. The zero-order valence-corrected chi connectivity index (χ0v) is 12.9. The molecule has 0 aliphatic heterocycles. The summed E-state index contributed by atoms with van der Waals surface area (Å²) in [5, 5.41) is 10.5. The van der Waals surface area contributed by atoms with Gasteiger partial charge >= 0.3 is 0 Å². The molecule has 0 radical (unpaired) electrons. The number of hydrogen-bond acceptors (Lipinski definition) is 3. The Kier molecular flexibility index (Phi) is 4.36. The van der Waals surface area contributed by atoms with Crippen molar-refractivity contribution in [2.24, 2.45) is 4.99 Å². The van der Waals surface area contributed by atoms with Gasteiger partial charge in [-0.15, -0.1) is 0 Å². The molecule has 0 atom stereocenters. The number of aromatic hydroxyl groups is 1. The van der Waals surface area contributed by atoms with Crippen LogP contribution >= 0.6 is 0 Å². The molecule has 1 aliphatic rings. The van der Waals surface area contributed by atoms with E-state index in [-0.39, 0.29) is 5.41 Å². The highest BCUT2D eigenvalue weighted by Gasteiger charge is 2.21. The molecule has 0 amide bonds. The molecule has 3 heteroatoms. The van der Waals surface area contributed by atoms with Crippen molar-refractivity contribution < 1.29 is 9.84 Å². The van der Waals surface area contributed by atoms with Crippen molar-refractivity contribution >= 4 is 6.21 Å². The summed E-state index contributed by atoms with van der Waals surface area (Å²) >= 11 is 0. The molecule has 110 valence electrons. The Morgan fingerprint density at radius 2 is 1.90 bits per heavy atom. The molecule has 0 spiro atoms. The lowest BCUT2D eigenvalue weighted by Crippen LogP contribution is -2.12. The van der Waals surface area contributed by atoms with Crippen LogP contribution in [0.3, 0.4) is 0 Å². The van der Waals surface area contributed by atoms with Crippen LogP contribution in [-0.2, 0) is 5.41 Å². The van der Waals surface area contributed by atoms with Crippen molar-refractivity contribution in [3.8, 4) is 11.5 Å². The van der Waals surface area contributed by atoms with Crippen molar-refractivity contribution in [3.05, 3.63) is 23.3 Å². The van der Waals surface area contributed by atoms with E-state index in [4.69, 9.17) is 4.74 Å². The fourth-order valence-corrected chi connectivity index (χ4v) is 2.66. The lowest BCUT2D eigenvalue weighted by molar-refractivity contribution is 0.405. The molecule has 1 N–H and O–H groups in total. The number of phenols is 1. The Hall–Kier alpha value is -1.51. The molecule has 2 rings (SSSR count). The number of rotatable bonds is 3. The van der Waals surface area contributed by atoms with E-state index in [1.807, 2.05) is 18.3 Å². The van der Waals surface area contributed by atoms with E-state index < -0.39 is 0 Å². The summed E-state index contributed by atoms with van der Waals surface area (Å²) in [6, 6.07) is 4.17. The van der Waals surface area contributed by atoms with Gasteiger partial charge in [-0.3, -0.25) is 4.99 Å². The second-order valence-electron chi connectivity index (χ2n) is 6.58. The van der Waals surface area contributed by atoms with Gasteiger partial charge in [0.15, 0.2) is 0 Å². The van der Waals surface area contributed by atoms with Crippen LogP contribution in [0.15, 0.2) is 17.1 Å². The quantitative estimate of drug-likeness (QED) is 0.845. The van der Waals surface area contributed by atoms with Crippen LogP contribution in [0, 0.1) is 0 Å². The minimum absolute atomic E-state index is 0.130. The minimum Gasteiger partial charge on any atom is -0.507 e. The molecule has 1 aliphatic carbocycles. The summed E-state index contributed by atoms with van der Waals surface area (Å²) in [7, 11) is 1.65. The van der Waals surface area contributed by atoms with Crippen LogP contribution in [0.1, 0.15) is 57.6 Å². The number of aliphatic imine (C=N–C) groups is 1. The maximum atomic E-state index is 10.5. The molecule has 1 fully saturated rings. The molecule has 1 saturated carbocycles. The van der Waals surface area contributed by atoms with Crippen LogP contribution in [0.4, 0.5) is 0 Å². The third-order valence-electron chi connectivity index (χ3n) is 3.91. The van der Waals surface area contributed by atoms with E-state index in [0.29, 0.717) is 11.8 Å². The second-order valence-corrected chi connectivity index (χ2v) is 6.58. The van der Waals surface area contributed by atoms with E-state index in [9.17, 15) is 5.11 Å². The lowest BCUT2D eigenvalue weighted by atomic mass is 9.85. The highest BCUT2D eigenvalue weighted by molar-refractivity contribution is 5.85. The van der Waals surface area contributed by atoms with Crippen LogP contribution in [0.5, 0.6) is 11.5 Å². The van der Waals surface area contributed by atoms with E-state index in [1.54, 1.807) is 7.11 Å². The van der Waals surface area contributed by atoms with E-state index in [0.717, 1.165) is 29.7 Å². The molecule has 0 saturated heterocycles. The minimum atomic E-state index is -0.130. The summed E-state index contributed by atoms with van der Waals surface area (Å²) in [4.78, 5) is 4.61. The number of nitrogens with zero attached hydrogens (tertiary/aromatic N) is 1. The SMILES string of the molecule is COc1cc(C=NC2CCCC2)c(O)c(C(C)(C)C)c1. The van der Waals surface area contributed by atoms with Crippen molar-refractivity contribution in [2.75, 3.05) is 7.11 Å². The molecular formula is C17H25NO2. The first kappa shape index (κ1) is 14.9. The van der Waals surface area contributed by atoms with Crippen LogP contribution in [0.2, 0.25) is 0 Å². The van der Waals surface area contributed by atoms with Gasteiger partial charge < -0.3 is 9.84 Å². The maximum Gasteiger partial charge on any atom is 0.128 e. The molecule has 0 unspecified atom stereocenters. The largest absolute Gasteiger partial charge is 0.507 e. The lowest BCUT2D eigenvalue weighted by Gasteiger charge is -2.22. The molecule has 0 bridgehead atoms. The van der Waals surface area contributed by atoms with Gasteiger partial charge in [-0.05, 0) is 30.4 Å². The van der Waals surface area contributed by atoms with Crippen molar-refractivity contribution in [1.82, 2.24) is 0 Å². The summed E-state index contributed by atoms with van der Waals surface area (Å²) < 4.78 is 5.34. The van der Waals surface area contributed by atoms with Gasteiger partial charge in [0, 0.05) is 23.4 Å². The van der Waals surface area contributed by atoms with Crippen LogP contribution < -0.4 is 4.74 Å². The smallest absolute Gasteiger partial charge is 0.128 e. The van der Waals surface area contributed by atoms with Gasteiger partial charge in [0.05, 0.1) is 7.11 Å². The second kappa shape index (κ2) is 5.86. The van der Waals surface area contributed by atoms with Gasteiger partial charge in [-0.2, -0.15) is 0 Å². The van der Waals surface area contributed by atoms with E-state index >= 15 is 0 Å². The normalized spacial score (nSPS) is 17.0. The number of phenolic OH excluding ortho intramolecular Hbond substituents is 1. The number of hydrogen-bond donors (Lipinski definition) is 1. The van der Waals surface area contributed by atoms with Crippen LogP contribution in [0.25, 0.3) is 0 Å². The average Bonchev–Trinajstić information content (AvgIpc) is 2.89. The Balaban J connectivity index is 2.36. The van der Waals surface area contributed by atoms with Crippen molar-refractivity contribution in [2.45, 2.75) is 57.9 Å². The molecular weight excluding hydrogens is 250 g/mol. The summed E-state index contributed by atoms with van der Waals surface area (Å²) in [5.74, 6) is 1.08. The highest BCUT2D eigenvalue weighted by Crippen LogP contribution is 2.36. The molecule has 0 aromatic heterocycles. The van der Waals surface area contributed by atoms with Gasteiger partial charge in [0.25, 0.3) is 0 Å². The predicted octanol–water partition coefficient (Wildman–Crippen LogP) is 4.06. The maximum absolute atomic E-state index is 10.5. The highest BCUT2D eigenvalue weighted by atomic mass is 16.5. The van der Waals surface area contributed by atoms with Crippen LogP contribution in [-0.4, -0.2) is 24.5 Å². The fourth-order valence-electron chi connectivity index (χ4n) is 2.66. The monoisotopic (exact) mass is 275 g/mol. The van der Waals surface area contributed by atoms with Gasteiger partial charge in [-0.1, -0.05) is 33.6 Å². The predicted molar refractivity (Wildman–Crippen MR) is 83.2 cm³/mol. The first-order valence-electron chi connectivity index (χ1n) is 7.36. The van der Waals surface area contributed by atoms with Gasteiger partial charge in [0.2, 0.25) is 0 Å².